The number of methoxy groups -OCH3 is 1. The van der Waals surface area contributed by atoms with Crippen LogP contribution in [0.5, 0.6) is 0 Å². The Kier molecular flexibility index (Phi) is 6.15. The quantitative estimate of drug-likeness (QED) is 0.772. The highest BCUT2D eigenvalue weighted by molar-refractivity contribution is 9.10. The molecule has 1 fully saturated rings. The SMILES string of the molecule is COC[C@@H](O)CNC(=O)[C@H]1CC(=O)N(c2ccc(Br)c(C)c2)C1. The van der Waals surface area contributed by atoms with Crippen LogP contribution in [0.2, 0.25) is 0 Å². The highest BCUT2D eigenvalue weighted by Gasteiger charge is 2.35. The minimum absolute atomic E-state index is 0.0655. The maximum atomic E-state index is 12.2. The van der Waals surface area contributed by atoms with Gasteiger partial charge < -0.3 is 20.1 Å². The van der Waals surface area contributed by atoms with Crippen molar-refractivity contribution in [2.75, 3.05) is 31.7 Å². The summed E-state index contributed by atoms with van der Waals surface area (Å²) >= 11 is 3.43. The van der Waals surface area contributed by atoms with Gasteiger partial charge in [-0.1, -0.05) is 15.9 Å². The van der Waals surface area contributed by atoms with Crippen molar-refractivity contribution in [3.05, 3.63) is 28.2 Å². The van der Waals surface area contributed by atoms with Gasteiger partial charge in [0.25, 0.3) is 0 Å². The van der Waals surface area contributed by atoms with Gasteiger partial charge in [-0.15, -0.1) is 0 Å². The topological polar surface area (TPSA) is 78.9 Å². The van der Waals surface area contributed by atoms with Gasteiger partial charge in [-0.05, 0) is 30.7 Å². The average molecular weight is 385 g/mol. The molecule has 0 aromatic heterocycles. The third kappa shape index (κ3) is 4.53. The van der Waals surface area contributed by atoms with E-state index in [9.17, 15) is 14.7 Å². The van der Waals surface area contributed by atoms with E-state index < -0.39 is 12.0 Å². The molecular weight excluding hydrogens is 364 g/mol. The molecule has 23 heavy (non-hydrogen) atoms. The predicted molar refractivity (Wildman–Crippen MR) is 90.2 cm³/mol. The molecule has 6 nitrogen and oxygen atoms in total. The molecule has 0 aliphatic carbocycles. The largest absolute Gasteiger partial charge is 0.389 e. The number of anilines is 1. The first kappa shape index (κ1) is 17.9. The molecule has 0 unspecified atom stereocenters. The van der Waals surface area contributed by atoms with Crippen molar-refractivity contribution in [3.63, 3.8) is 0 Å². The lowest BCUT2D eigenvalue weighted by atomic mass is 10.1. The summed E-state index contributed by atoms with van der Waals surface area (Å²) in [6, 6.07) is 5.68. The van der Waals surface area contributed by atoms with Crippen LogP contribution in [0.4, 0.5) is 5.69 Å². The fourth-order valence-electron chi connectivity index (χ4n) is 2.54. The van der Waals surface area contributed by atoms with Crippen LogP contribution in [-0.2, 0) is 14.3 Å². The van der Waals surface area contributed by atoms with Crippen molar-refractivity contribution in [3.8, 4) is 0 Å². The van der Waals surface area contributed by atoms with Gasteiger partial charge in [0.1, 0.15) is 0 Å². The Labute approximate surface area is 143 Å². The molecular formula is C16H21BrN2O4. The smallest absolute Gasteiger partial charge is 0.227 e. The van der Waals surface area contributed by atoms with Gasteiger partial charge in [-0.2, -0.15) is 0 Å². The number of aryl methyl sites for hydroxylation is 1. The molecule has 2 N–H and O–H groups in total. The Morgan fingerprint density at radius 1 is 1.57 bits per heavy atom. The Hall–Kier alpha value is -1.44. The lowest BCUT2D eigenvalue weighted by molar-refractivity contribution is -0.126. The molecule has 1 saturated heterocycles. The van der Waals surface area contributed by atoms with Crippen LogP contribution in [-0.4, -0.2) is 49.8 Å². The van der Waals surface area contributed by atoms with E-state index in [4.69, 9.17) is 4.74 Å². The molecule has 1 aliphatic rings. The van der Waals surface area contributed by atoms with Crippen LogP contribution in [0.1, 0.15) is 12.0 Å². The number of aliphatic hydroxyl groups is 1. The highest BCUT2D eigenvalue weighted by atomic mass is 79.9. The molecule has 1 aromatic carbocycles. The highest BCUT2D eigenvalue weighted by Crippen LogP contribution is 2.28. The lowest BCUT2D eigenvalue weighted by Gasteiger charge is -2.18. The van der Waals surface area contributed by atoms with Gasteiger partial charge in [0, 0.05) is 36.8 Å². The molecule has 0 radical (unpaired) electrons. The first-order valence-corrected chi connectivity index (χ1v) is 8.23. The normalized spacial score (nSPS) is 19.0. The summed E-state index contributed by atoms with van der Waals surface area (Å²) in [4.78, 5) is 26.0. The second kappa shape index (κ2) is 7.90. The Morgan fingerprint density at radius 3 is 2.96 bits per heavy atom. The van der Waals surface area contributed by atoms with Crippen LogP contribution in [0.15, 0.2) is 22.7 Å². The monoisotopic (exact) mass is 384 g/mol. The summed E-state index contributed by atoms with van der Waals surface area (Å²) < 4.78 is 5.79. The van der Waals surface area contributed by atoms with Crippen LogP contribution < -0.4 is 10.2 Å². The minimum atomic E-state index is -0.744. The molecule has 0 bridgehead atoms. The summed E-state index contributed by atoms with van der Waals surface area (Å²) in [5.74, 6) is -0.685. The summed E-state index contributed by atoms with van der Waals surface area (Å²) in [7, 11) is 1.48. The second-order valence-electron chi connectivity index (χ2n) is 5.69. The Bertz CT molecular complexity index is 593. The van der Waals surface area contributed by atoms with E-state index in [1.54, 1.807) is 4.90 Å². The van der Waals surface area contributed by atoms with Crippen molar-refractivity contribution < 1.29 is 19.4 Å². The first-order chi connectivity index (χ1) is 10.9. The summed E-state index contributed by atoms with van der Waals surface area (Å²) in [5, 5.41) is 12.2. The van der Waals surface area contributed by atoms with E-state index >= 15 is 0 Å². The summed E-state index contributed by atoms with van der Waals surface area (Å²) in [6.07, 6.45) is -0.562. The molecule has 2 amide bonds. The van der Waals surface area contributed by atoms with Crippen molar-refractivity contribution in [2.24, 2.45) is 5.92 Å². The molecule has 0 saturated carbocycles. The fourth-order valence-corrected chi connectivity index (χ4v) is 2.79. The average Bonchev–Trinajstić information content (AvgIpc) is 2.90. The van der Waals surface area contributed by atoms with Gasteiger partial charge in [-0.3, -0.25) is 9.59 Å². The summed E-state index contributed by atoms with van der Waals surface area (Å²) in [6.45, 7) is 2.59. The van der Waals surface area contributed by atoms with E-state index in [2.05, 4.69) is 21.2 Å². The van der Waals surface area contributed by atoms with Gasteiger partial charge >= 0.3 is 0 Å². The number of nitrogens with one attached hydrogen (secondary N) is 1. The molecule has 1 heterocycles. The molecule has 1 aromatic rings. The molecule has 0 spiro atoms. The van der Waals surface area contributed by atoms with Crippen molar-refractivity contribution in [1.82, 2.24) is 5.32 Å². The summed E-state index contributed by atoms with van der Waals surface area (Å²) in [5.41, 5.74) is 1.83. The number of rotatable bonds is 6. The van der Waals surface area contributed by atoms with Gasteiger partial charge in [0.15, 0.2) is 0 Å². The third-order valence-corrected chi connectivity index (χ3v) is 4.71. The van der Waals surface area contributed by atoms with Crippen LogP contribution in [0.3, 0.4) is 0 Å². The van der Waals surface area contributed by atoms with Crippen LogP contribution in [0.25, 0.3) is 0 Å². The van der Waals surface area contributed by atoms with E-state index in [1.807, 2.05) is 25.1 Å². The van der Waals surface area contributed by atoms with E-state index in [0.29, 0.717) is 6.54 Å². The zero-order valence-corrected chi connectivity index (χ0v) is 14.8. The van der Waals surface area contributed by atoms with Crippen molar-refractivity contribution in [2.45, 2.75) is 19.4 Å². The van der Waals surface area contributed by atoms with Crippen molar-refractivity contribution in [1.29, 1.82) is 0 Å². The number of aliphatic hydroxyl groups excluding tert-OH is 1. The number of carbonyl (C=O) groups excluding carboxylic acids is 2. The Morgan fingerprint density at radius 2 is 2.30 bits per heavy atom. The zero-order chi connectivity index (χ0) is 17.0. The van der Waals surface area contributed by atoms with Gasteiger partial charge in [0.05, 0.1) is 18.6 Å². The number of hydrogen-bond donors (Lipinski definition) is 2. The predicted octanol–water partition coefficient (Wildman–Crippen LogP) is 1.23. The van der Waals surface area contributed by atoms with Crippen molar-refractivity contribution >= 4 is 33.4 Å². The lowest BCUT2D eigenvalue weighted by Crippen LogP contribution is -2.38. The second-order valence-corrected chi connectivity index (χ2v) is 6.55. The minimum Gasteiger partial charge on any atom is -0.389 e. The fraction of sp³-hybridized carbons (Fsp3) is 0.500. The first-order valence-electron chi connectivity index (χ1n) is 7.43. The molecule has 1 aliphatic heterocycles. The number of benzene rings is 1. The number of halogens is 1. The van der Waals surface area contributed by atoms with Gasteiger partial charge in [0.2, 0.25) is 11.8 Å². The maximum absolute atomic E-state index is 12.2. The third-order valence-electron chi connectivity index (χ3n) is 3.82. The number of ether oxygens (including phenoxy) is 1. The number of amides is 2. The Balaban J connectivity index is 1.96. The molecule has 2 rings (SSSR count). The molecule has 7 heteroatoms. The number of hydrogen-bond acceptors (Lipinski definition) is 4. The van der Waals surface area contributed by atoms with Crippen LogP contribution in [0, 0.1) is 12.8 Å². The van der Waals surface area contributed by atoms with E-state index in [0.717, 1.165) is 15.7 Å². The number of nitrogens with zero attached hydrogens (tertiary/aromatic N) is 1. The van der Waals surface area contributed by atoms with Gasteiger partial charge in [-0.25, -0.2) is 0 Å². The maximum Gasteiger partial charge on any atom is 0.227 e. The van der Waals surface area contributed by atoms with Crippen LogP contribution >= 0.6 is 15.9 Å². The number of carbonyl (C=O) groups is 2. The van der Waals surface area contributed by atoms with E-state index in [1.165, 1.54) is 7.11 Å². The van der Waals surface area contributed by atoms with E-state index in [-0.39, 0.29) is 31.4 Å². The zero-order valence-electron chi connectivity index (χ0n) is 13.2. The molecule has 126 valence electrons. The molecule has 2 atom stereocenters. The standard InChI is InChI=1S/C16H21BrN2O4/c1-10-5-12(3-4-14(10)17)19-8-11(6-15(19)21)16(22)18-7-13(20)9-23-2/h3-5,11,13,20H,6-9H2,1-2H3,(H,18,22)/t11-,13-/m0/s1.